The van der Waals surface area contributed by atoms with Crippen molar-refractivity contribution in [3.8, 4) is 0 Å². The molecule has 2 aromatic rings. The molecule has 0 aliphatic rings. The maximum absolute atomic E-state index is 12.5. The van der Waals surface area contributed by atoms with Crippen LogP contribution in [0.15, 0.2) is 53.1 Å². The molecule has 118 valence electrons. The van der Waals surface area contributed by atoms with E-state index >= 15 is 0 Å². The fourth-order valence-electron chi connectivity index (χ4n) is 2.38. The summed E-state index contributed by atoms with van der Waals surface area (Å²) in [6.07, 6.45) is 1.22. The van der Waals surface area contributed by atoms with Gasteiger partial charge in [-0.1, -0.05) is 30.3 Å². The van der Waals surface area contributed by atoms with E-state index in [-0.39, 0.29) is 11.9 Å². The number of carbonyl (C=O) groups excluding carboxylic acids is 1. The average Bonchev–Trinajstić information content (AvgIpc) is 3.02. The molecule has 1 aromatic carbocycles. The number of carbonyl (C=O) groups is 1. The fourth-order valence-corrected chi connectivity index (χ4v) is 2.38. The minimum atomic E-state index is -0.717. The summed E-state index contributed by atoms with van der Waals surface area (Å²) in [6.45, 7) is 5.67. The molecule has 0 aliphatic heterocycles. The molecule has 0 radical (unpaired) electrons. The second kappa shape index (κ2) is 6.79. The Morgan fingerprint density at radius 3 is 2.50 bits per heavy atom. The van der Waals surface area contributed by atoms with Crippen molar-refractivity contribution in [2.75, 3.05) is 0 Å². The minimum absolute atomic E-state index is 0.0576. The smallest absolute Gasteiger partial charge is 0.230 e. The van der Waals surface area contributed by atoms with Crippen molar-refractivity contribution in [1.82, 2.24) is 5.32 Å². The number of nitrogens with one attached hydrogen (secondary N) is 1. The Balaban J connectivity index is 1.96. The topological polar surface area (TPSA) is 62.5 Å². The molecule has 4 heteroatoms. The Labute approximate surface area is 131 Å². The van der Waals surface area contributed by atoms with Gasteiger partial charge in [0.05, 0.1) is 11.7 Å². The van der Waals surface area contributed by atoms with Gasteiger partial charge in [-0.15, -0.1) is 0 Å². The Kier molecular flexibility index (Phi) is 5.03. The molecule has 1 heterocycles. The number of hydrogen-bond donors (Lipinski definition) is 2. The second-order valence-corrected chi connectivity index (χ2v) is 6.13. The highest BCUT2D eigenvalue weighted by atomic mass is 16.4. The Bertz CT molecular complexity index is 590. The molecule has 1 aromatic heterocycles. The number of amides is 1. The summed E-state index contributed by atoms with van der Waals surface area (Å²) in [4.78, 5) is 12.5. The zero-order valence-electron chi connectivity index (χ0n) is 13.2. The number of aliphatic hydroxyl groups excluding tert-OH is 1. The van der Waals surface area contributed by atoms with Crippen molar-refractivity contribution in [2.45, 2.75) is 44.8 Å². The van der Waals surface area contributed by atoms with Crippen LogP contribution in [0.1, 0.15) is 44.6 Å². The van der Waals surface area contributed by atoms with E-state index in [9.17, 15) is 9.90 Å². The van der Waals surface area contributed by atoms with E-state index in [0.29, 0.717) is 12.2 Å². The van der Waals surface area contributed by atoms with Crippen LogP contribution in [0.25, 0.3) is 0 Å². The van der Waals surface area contributed by atoms with Crippen LogP contribution in [0.5, 0.6) is 0 Å². The first kappa shape index (κ1) is 16.3. The molecule has 0 bridgehead atoms. The Morgan fingerprint density at radius 1 is 1.23 bits per heavy atom. The van der Waals surface area contributed by atoms with Gasteiger partial charge < -0.3 is 14.8 Å². The largest absolute Gasteiger partial charge is 0.467 e. The molecule has 0 spiro atoms. The van der Waals surface area contributed by atoms with Gasteiger partial charge in [-0.3, -0.25) is 4.79 Å². The van der Waals surface area contributed by atoms with E-state index in [1.54, 1.807) is 12.1 Å². The average molecular weight is 301 g/mol. The number of benzene rings is 1. The van der Waals surface area contributed by atoms with Gasteiger partial charge in [0, 0.05) is 12.5 Å². The van der Waals surface area contributed by atoms with Crippen LogP contribution >= 0.6 is 0 Å². The standard InChI is InChI=1S/C18H23NO3/c1-13(12-15(20)16-10-7-11-22-16)19-17(21)18(2,3)14-8-5-4-6-9-14/h4-11,13,15,20H,12H2,1-3H3,(H,19,21). The zero-order chi connectivity index (χ0) is 16.2. The predicted molar refractivity (Wildman–Crippen MR) is 85.4 cm³/mol. The van der Waals surface area contributed by atoms with E-state index in [1.165, 1.54) is 6.26 Å². The van der Waals surface area contributed by atoms with Crippen LogP contribution in [0.4, 0.5) is 0 Å². The van der Waals surface area contributed by atoms with Crippen molar-refractivity contribution in [2.24, 2.45) is 0 Å². The van der Waals surface area contributed by atoms with Crippen molar-refractivity contribution >= 4 is 5.91 Å². The summed E-state index contributed by atoms with van der Waals surface area (Å²) >= 11 is 0. The Morgan fingerprint density at radius 2 is 1.91 bits per heavy atom. The first-order valence-corrected chi connectivity index (χ1v) is 7.49. The lowest BCUT2D eigenvalue weighted by Gasteiger charge is -2.27. The van der Waals surface area contributed by atoms with Gasteiger partial charge in [0.15, 0.2) is 0 Å². The molecular weight excluding hydrogens is 278 g/mol. The van der Waals surface area contributed by atoms with Gasteiger partial charge in [-0.05, 0) is 38.5 Å². The molecule has 0 fully saturated rings. The van der Waals surface area contributed by atoms with Gasteiger partial charge >= 0.3 is 0 Å². The summed E-state index contributed by atoms with van der Waals surface area (Å²) in [6, 6.07) is 13.0. The minimum Gasteiger partial charge on any atom is -0.467 e. The molecule has 2 N–H and O–H groups in total. The first-order chi connectivity index (χ1) is 10.4. The summed E-state index contributed by atoms with van der Waals surface area (Å²) in [7, 11) is 0. The lowest BCUT2D eigenvalue weighted by atomic mass is 9.83. The molecule has 0 aliphatic carbocycles. The Hall–Kier alpha value is -2.07. The number of aliphatic hydroxyl groups is 1. The van der Waals surface area contributed by atoms with E-state index in [4.69, 9.17) is 4.42 Å². The van der Waals surface area contributed by atoms with Crippen molar-refractivity contribution in [3.05, 3.63) is 60.1 Å². The van der Waals surface area contributed by atoms with Crippen molar-refractivity contribution in [3.63, 3.8) is 0 Å². The van der Waals surface area contributed by atoms with Crippen LogP contribution in [0, 0.1) is 0 Å². The second-order valence-electron chi connectivity index (χ2n) is 6.13. The molecule has 4 nitrogen and oxygen atoms in total. The zero-order valence-corrected chi connectivity index (χ0v) is 13.2. The normalized spacial score (nSPS) is 14.4. The first-order valence-electron chi connectivity index (χ1n) is 7.49. The van der Waals surface area contributed by atoms with Gasteiger partial charge in [-0.25, -0.2) is 0 Å². The molecule has 2 unspecified atom stereocenters. The van der Waals surface area contributed by atoms with Gasteiger partial charge in [-0.2, -0.15) is 0 Å². The van der Waals surface area contributed by atoms with Crippen molar-refractivity contribution in [1.29, 1.82) is 0 Å². The number of hydrogen-bond acceptors (Lipinski definition) is 3. The van der Waals surface area contributed by atoms with Crippen LogP contribution in [0.2, 0.25) is 0 Å². The molecular formula is C18H23NO3. The lowest BCUT2D eigenvalue weighted by Crippen LogP contribution is -2.44. The molecule has 2 rings (SSSR count). The third-order valence-corrected chi connectivity index (χ3v) is 3.89. The SMILES string of the molecule is CC(CC(O)c1ccco1)NC(=O)C(C)(C)c1ccccc1. The summed E-state index contributed by atoms with van der Waals surface area (Å²) in [5.74, 6) is 0.460. The maximum Gasteiger partial charge on any atom is 0.230 e. The molecule has 1 amide bonds. The molecule has 22 heavy (non-hydrogen) atoms. The van der Waals surface area contributed by atoms with Gasteiger partial charge in [0.25, 0.3) is 0 Å². The molecule has 0 saturated carbocycles. The van der Waals surface area contributed by atoms with E-state index < -0.39 is 11.5 Å². The van der Waals surface area contributed by atoms with Crippen LogP contribution < -0.4 is 5.32 Å². The third kappa shape index (κ3) is 3.77. The van der Waals surface area contributed by atoms with E-state index in [2.05, 4.69) is 5.32 Å². The number of rotatable bonds is 6. The highest BCUT2D eigenvalue weighted by Crippen LogP contribution is 2.24. The quantitative estimate of drug-likeness (QED) is 0.861. The van der Waals surface area contributed by atoms with Crippen molar-refractivity contribution < 1.29 is 14.3 Å². The summed E-state index contributed by atoms with van der Waals surface area (Å²) < 4.78 is 5.18. The third-order valence-electron chi connectivity index (χ3n) is 3.89. The highest BCUT2D eigenvalue weighted by Gasteiger charge is 2.30. The van der Waals surface area contributed by atoms with E-state index in [1.807, 2.05) is 51.1 Å². The summed E-state index contributed by atoms with van der Waals surface area (Å²) in [5, 5.41) is 13.0. The van der Waals surface area contributed by atoms with Crippen LogP contribution in [-0.4, -0.2) is 17.1 Å². The fraction of sp³-hybridized carbons (Fsp3) is 0.389. The van der Waals surface area contributed by atoms with Crippen LogP contribution in [0.3, 0.4) is 0 Å². The van der Waals surface area contributed by atoms with E-state index in [0.717, 1.165) is 5.56 Å². The van der Waals surface area contributed by atoms with Gasteiger partial charge in [0.1, 0.15) is 11.9 Å². The van der Waals surface area contributed by atoms with Crippen LogP contribution in [-0.2, 0) is 10.2 Å². The monoisotopic (exact) mass is 301 g/mol. The number of furan rings is 1. The summed E-state index contributed by atoms with van der Waals surface area (Å²) in [5.41, 5.74) is 0.344. The predicted octanol–water partition coefficient (Wildman–Crippen LogP) is 3.19. The molecule has 0 saturated heterocycles. The lowest BCUT2D eigenvalue weighted by molar-refractivity contribution is -0.126. The van der Waals surface area contributed by atoms with Gasteiger partial charge in [0.2, 0.25) is 5.91 Å². The maximum atomic E-state index is 12.5. The highest BCUT2D eigenvalue weighted by molar-refractivity contribution is 5.87. The molecule has 2 atom stereocenters.